The molecule has 2 nitrogen and oxygen atoms in total. The molecule has 1 aromatic rings. The van der Waals surface area contributed by atoms with E-state index in [-0.39, 0.29) is 12.1 Å². The topological polar surface area (TPSA) is 32.3 Å². The summed E-state index contributed by atoms with van der Waals surface area (Å²) in [7, 11) is 0. The molecule has 2 N–H and O–H groups in total. The smallest absolute Gasteiger partial charge is 0.0637 e. The predicted molar refractivity (Wildman–Crippen MR) is 73.7 cm³/mol. The van der Waals surface area contributed by atoms with E-state index in [4.69, 9.17) is 23.2 Å². The lowest BCUT2D eigenvalue weighted by Gasteiger charge is -2.31. The fourth-order valence-electron chi connectivity index (χ4n) is 1.75. The Morgan fingerprint density at radius 1 is 1.24 bits per heavy atom. The van der Waals surface area contributed by atoms with Crippen LogP contribution in [0, 0.1) is 0 Å². The highest BCUT2D eigenvalue weighted by Gasteiger charge is 2.24. The van der Waals surface area contributed by atoms with Gasteiger partial charge in [-0.1, -0.05) is 49.2 Å². The third kappa shape index (κ3) is 3.59. The number of aliphatic hydroxyl groups is 1. The number of hydrogen-bond donors (Lipinski definition) is 2. The monoisotopic (exact) mass is 275 g/mol. The Bertz CT molecular complexity index is 356. The second kappa shape index (κ2) is 6.60. The summed E-state index contributed by atoms with van der Waals surface area (Å²) in [5.74, 6) is 0. The number of rotatable bonds is 6. The minimum absolute atomic E-state index is 0.123. The second-order valence-corrected chi connectivity index (χ2v) is 5.00. The molecule has 0 aromatic heterocycles. The summed E-state index contributed by atoms with van der Waals surface area (Å²) in [4.78, 5) is 0. The predicted octanol–water partition coefficient (Wildman–Crippen LogP) is 3.63. The highest BCUT2D eigenvalue weighted by molar-refractivity contribution is 6.42. The van der Waals surface area contributed by atoms with Crippen LogP contribution >= 0.6 is 23.2 Å². The van der Waals surface area contributed by atoms with Crippen LogP contribution in [-0.4, -0.2) is 17.3 Å². The van der Waals surface area contributed by atoms with Crippen molar-refractivity contribution in [3.05, 3.63) is 33.8 Å². The highest BCUT2D eigenvalue weighted by atomic mass is 35.5. The van der Waals surface area contributed by atoms with Crippen LogP contribution in [0.5, 0.6) is 0 Å². The molecule has 0 atom stereocenters. The van der Waals surface area contributed by atoms with Crippen LogP contribution in [0.25, 0.3) is 0 Å². The van der Waals surface area contributed by atoms with Gasteiger partial charge in [0, 0.05) is 12.1 Å². The van der Waals surface area contributed by atoms with Gasteiger partial charge in [-0.25, -0.2) is 0 Å². The molecular weight excluding hydrogens is 257 g/mol. The minimum Gasteiger partial charge on any atom is -0.394 e. The van der Waals surface area contributed by atoms with Crippen LogP contribution in [0.3, 0.4) is 0 Å². The first-order valence-electron chi connectivity index (χ1n) is 5.87. The van der Waals surface area contributed by atoms with Gasteiger partial charge in [0.05, 0.1) is 16.7 Å². The largest absolute Gasteiger partial charge is 0.394 e. The average molecular weight is 276 g/mol. The fourth-order valence-corrected chi connectivity index (χ4v) is 2.13. The Balaban J connectivity index is 2.75. The molecule has 0 heterocycles. The average Bonchev–Trinajstić information content (AvgIpc) is 2.36. The van der Waals surface area contributed by atoms with Crippen molar-refractivity contribution in [3.63, 3.8) is 0 Å². The summed E-state index contributed by atoms with van der Waals surface area (Å²) >= 11 is 12.1. The van der Waals surface area contributed by atoms with Crippen molar-refractivity contribution in [1.29, 1.82) is 0 Å². The Morgan fingerprint density at radius 3 is 2.41 bits per heavy atom. The van der Waals surface area contributed by atoms with Crippen LogP contribution < -0.4 is 5.32 Å². The zero-order chi connectivity index (χ0) is 12.9. The maximum Gasteiger partial charge on any atom is 0.0637 e. The maximum atomic E-state index is 9.46. The molecule has 0 aliphatic carbocycles. The molecule has 4 heteroatoms. The third-order valence-electron chi connectivity index (χ3n) is 3.34. The number of nitrogens with one attached hydrogen (secondary N) is 1. The van der Waals surface area contributed by atoms with Gasteiger partial charge < -0.3 is 10.4 Å². The van der Waals surface area contributed by atoms with Gasteiger partial charge in [-0.15, -0.1) is 0 Å². The van der Waals surface area contributed by atoms with Gasteiger partial charge in [-0.3, -0.25) is 0 Å². The number of hydrogen-bond acceptors (Lipinski definition) is 2. The van der Waals surface area contributed by atoms with Crippen molar-refractivity contribution < 1.29 is 5.11 Å². The number of aliphatic hydroxyl groups excluding tert-OH is 1. The fraction of sp³-hybridized carbons (Fsp3) is 0.538. The van der Waals surface area contributed by atoms with E-state index < -0.39 is 0 Å². The molecule has 1 aromatic carbocycles. The summed E-state index contributed by atoms with van der Waals surface area (Å²) in [5, 5.41) is 14.0. The van der Waals surface area contributed by atoms with Gasteiger partial charge in [-0.05, 0) is 24.5 Å². The molecule has 0 radical (unpaired) electrons. The first kappa shape index (κ1) is 14.8. The Labute approximate surface area is 113 Å². The number of benzene rings is 1. The second-order valence-electron chi connectivity index (χ2n) is 4.21. The molecule has 0 fully saturated rings. The van der Waals surface area contributed by atoms with Crippen molar-refractivity contribution in [2.45, 2.75) is 38.8 Å². The molecule has 0 spiro atoms. The Morgan fingerprint density at radius 2 is 1.88 bits per heavy atom. The first-order valence-corrected chi connectivity index (χ1v) is 6.63. The van der Waals surface area contributed by atoms with Crippen LogP contribution in [0.15, 0.2) is 18.2 Å². The van der Waals surface area contributed by atoms with Gasteiger partial charge in [0.25, 0.3) is 0 Å². The van der Waals surface area contributed by atoms with E-state index in [9.17, 15) is 5.11 Å². The summed E-state index contributed by atoms with van der Waals surface area (Å²) in [6.45, 7) is 4.86. The Kier molecular flexibility index (Phi) is 5.74. The van der Waals surface area contributed by atoms with Gasteiger partial charge in [-0.2, -0.15) is 0 Å². The van der Waals surface area contributed by atoms with Crippen molar-refractivity contribution in [2.75, 3.05) is 6.61 Å². The molecule has 0 saturated carbocycles. The van der Waals surface area contributed by atoms with E-state index >= 15 is 0 Å². The molecule has 0 aliphatic heterocycles. The van der Waals surface area contributed by atoms with Crippen LogP contribution in [0.1, 0.15) is 32.3 Å². The highest BCUT2D eigenvalue weighted by Crippen LogP contribution is 2.26. The number of halogens is 2. The SMILES string of the molecule is CCC(CC)(CO)NCc1cccc(Cl)c1Cl. The lowest BCUT2D eigenvalue weighted by Crippen LogP contribution is -2.47. The third-order valence-corrected chi connectivity index (χ3v) is 4.20. The van der Waals surface area contributed by atoms with Crippen molar-refractivity contribution >= 4 is 23.2 Å². The van der Waals surface area contributed by atoms with Crippen molar-refractivity contribution in [1.82, 2.24) is 5.32 Å². The first-order chi connectivity index (χ1) is 8.08. The lowest BCUT2D eigenvalue weighted by atomic mass is 9.93. The molecule has 0 amide bonds. The quantitative estimate of drug-likeness (QED) is 0.831. The molecule has 0 unspecified atom stereocenters. The molecule has 0 bridgehead atoms. The molecular formula is C13H19Cl2NO. The molecule has 17 heavy (non-hydrogen) atoms. The van der Waals surface area contributed by atoms with Crippen LogP contribution in [-0.2, 0) is 6.54 Å². The zero-order valence-corrected chi connectivity index (χ0v) is 11.8. The standard InChI is InChI=1S/C13H19Cl2NO/c1-3-13(4-2,9-17)16-8-10-6-5-7-11(14)12(10)15/h5-7,16-17H,3-4,8-9H2,1-2H3. The van der Waals surface area contributed by atoms with Gasteiger partial charge in [0.15, 0.2) is 0 Å². The lowest BCUT2D eigenvalue weighted by molar-refractivity contribution is 0.149. The van der Waals surface area contributed by atoms with Gasteiger partial charge >= 0.3 is 0 Å². The van der Waals surface area contributed by atoms with E-state index in [1.54, 1.807) is 6.07 Å². The van der Waals surface area contributed by atoms with E-state index in [2.05, 4.69) is 19.2 Å². The summed E-state index contributed by atoms with van der Waals surface area (Å²) < 4.78 is 0. The van der Waals surface area contributed by atoms with Crippen molar-refractivity contribution in [3.8, 4) is 0 Å². The van der Waals surface area contributed by atoms with Crippen LogP contribution in [0.4, 0.5) is 0 Å². The molecule has 0 saturated heterocycles. The molecule has 0 aliphatic rings. The summed E-state index contributed by atoms with van der Waals surface area (Å²) in [5.41, 5.74) is 0.727. The van der Waals surface area contributed by atoms with Crippen molar-refractivity contribution in [2.24, 2.45) is 0 Å². The van der Waals surface area contributed by atoms with E-state index in [0.717, 1.165) is 18.4 Å². The molecule has 1 rings (SSSR count). The Hall–Kier alpha value is -0.280. The van der Waals surface area contributed by atoms with E-state index in [1.807, 2.05) is 12.1 Å². The minimum atomic E-state index is -0.231. The normalized spacial score (nSPS) is 11.8. The van der Waals surface area contributed by atoms with Crippen LogP contribution in [0.2, 0.25) is 10.0 Å². The zero-order valence-electron chi connectivity index (χ0n) is 10.3. The maximum absolute atomic E-state index is 9.46. The van der Waals surface area contributed by atoms with E-state index in [1.165, 1.54) is 0 Å². The summed E-state index contributed by atoms with van der Waals surface area (Å²) in [6, 6.07) is 5.59. The molecule has 96 valence electrons. The van der Waals surface area contributed by atoms with Gasteiger partial charge in [0.1, 0.15) is 0 Å². The van der Waals surface area contributed by atoms with Gasteiger partial charge in [0.2, 0.25) is 0 Å². The van der Waals surface area contributed by atoms with E-state index in [0.29, 0.717) is 16.6 Å². The summed E-state index contributed by atoms with van der Waals surface area (Å²) in [6.07, 6.45) is 1.75.